The van der Waals surface area contributed by atoms with Crippen LogP contribution in [0.1, 0.15) is 12.0 Å². The van der Waals surface area contributed by atoms with E-state index in [1.165, 1.54) is 0 Å². The summed E-state index contributed by atoms with van der Waals surface area (Å²) < 4.78 is 5.23. The van der Waals surface area contributed by atoms with Gasteiger partial charge in [0.25, 0.3) is 0 Å². The van der Waals surface area contributed by atoms with Crippen LogP contribution >= 0.6 is 11.6 Å². The highest BCUT2D eigenvalue weighted by molar-refractivity contribution is 6.30. The molecule has 0 spiro atoms. The summed E-state index contributed by atoms with van der Waals surface area (Å²) in [5.41, 5.74) is 6.47. The van der Waals surface area contributed by atoms with Gasteiger partial charge in [0.15, 0.2) is 0 Å². The summed E-state index contributed by atoms with van der Waals surface area (Å²) in [5, 5.41) is 4.01. The molecule has 1 aromatic rings. The van der Waals surface area contributed by atoms with Crippen molar-refractivity contribution in [3.63, 3.8) is 0 Å². The molecule has 84 valence electrons. The van der Waals surface area contributed by atoms with E-state index >= 15 is 0 Å². The number of hydrogen-bond donors (Lipinski definition) is 2. The summed E-state index contributed by atoms with van der Waals surface area (Å²) in [6.45, 7) is 2.37. The first-order chi connectivity index (χ1) is 7.27. The molecule has 3 N–H and O–H groups in total. The first-order valence-corrected chi connectivity index (χ1v) is 5.39. The van der Waals surface area contributed by atoms with Crippen LogP contribution in [0.4, 0.5) is 0 Å². The van der Waals surface area contributed by atoms with Crippen LogP contribution in [-0.2, 0) is 6.54 Å². The van der Waals surface area contributed by atoms with E-state index in [-0.39, 0.29) is 0 Å². The molecule has 0 saturated carbocycles. The molecule has 0 aliphatic carbocycles. The van der Waals surface area contributed by atoms with E-state index in [0.29, 0.717) is 6.54 Å². The third-order valence-corrected chi connectivity index (χ3v) is 2.35. The number of nitrogens with two attached hydrogens (primary N) is 1. The maximum Gasteiger partial charge on any atom is 0.123 e. The molecule has 0 aliphatic heterocycles. The van der Waals surface area contributed by atoms with Crippen molar-refractivity contribution in [2.75, 3.05) is 20.2 Å². The zero-order valence-corrected chi connectivity index (χ0v) is 9.68. The molecule has 0 saturated heterocycles. The molecule has 1 rings (SSSR count). The van der Waals surface area contributed by atoms with Gasteiger partial charge in [0.1, 0.15) is 5.75 Å². The van der Waals surface area contributed by atoms with E-state index in [4.69, 9.17) is 22.1 Å². The van der Waals surface area contributed by atoms with Crippen LogP contribution in [0.3, 0.4) is 0 Å². The van der Waals surface area contributed by atoms with E-state index in [1.54, 1.807) is 7.11 Å². The van der Waals surface area contributed by atoms with Crippen molar-refractivity contribution >= 4 is 11.6 Å². The number of ether oxygens (including phenoxy) is 1. The predicted octanol–water partition coefficient (Wildman–Crippen LogP) is 1.79. The minimum Gasteiger partial charge on any atom is -0.496 e. The molecular formula is C11H17ClN2O. The van der Waals surface area contributed by atoms with Gasteiger partial charge in [0, 0.05) is 17.1 Å². The van der Waals surface area contributed by atoms with Gasteiger partial charge < -0.3 is 15.8 Å². The molecule has 0 aliphatic rings. The number of methoxy groups -OCH3 is 1. The lowest BCUT2D eigenvalue weighted by Crippen LogP contribution is -2.18. The first kappa shape index (κ1) is 12.3. The fourth-order valence-corrected chi connectivity index (χ4v) is 1.53. The molecule has 0 aromatic heterocycles. The van der Waals surface area contributed by atoms with E-state index in [2.05, 4.69) is 5.32 Å². The van der Waals surface area contributed by atoms with Crippen LogP contribution in [0.2, 0.25) is 5.02 Å². The second-order valence-corrected chi connectivity index (χ2v) is 3.71. The van der Waals surface area contributed by atoms with Crippen molar-refractivity contribution in [3.8, 4) is 5.75 Å². The highest BCUT2D eigenvalue weighted by Crippen LogP contribution is 2.22. The molecule has 15 heavy (non-hydrogen) atoms. The van der Waals surface area contributed by atoms with E-state index in [9.17, 15) is 0 Å². The molecule has 0 amide bonds. The molecule has 0 heterocycles. The summed E-state index contributed by atoms with van der Waals surface area (Å²) >= 11 is 5.91. The summed E-state index contributed by atoms with van der Waals surface area (Å²) in [6, 6.07) is 5.61. The number of benzene rings is 1. The van der Waals surface area contributed by atoms with Crippen LogP contribution in [-0.4, -0.2) is 20.2 Å². The second kappa shape index (κ2) is 6.67. The van der Waals surface area contributed by atoms with Gasteiger partial charge in [0.05, 0.1) is 7.11 Å². The third kappa shape index (κ3) is 4.08. The Morgan fingerprint density at radius 1 is 1.47 bits per heavy atom. The van der Waals surface area contributed by atoms with Crippen molar-refractivity contribution in [2.45, 2.75) is 13.0 Å². The topological polar surface area (TPSA) is 47.3 Å². The zero-order valence-electron chi connectivity index (χ0n) is 8.92. The van der Waals surface area contributed by atoms with Crippen LogP contribution in [0.5, 0.6) is 5.75 Å². The number of rotatable bonds is 6. The van der Waals surface area contributed by atoms with E-state index in [1.807, 2.05) is 18.2 Å². The molecule has 3 nitrogen and oxygen atoms in total. The molecule has 1 aromatic carbocycles. The molecule has 0 radical (unpaired) electrons. The van der Waals surface area contributed by atoms with Gasteiger partial charge in [0.2, 0.25) is 0 Å². The van der Waals surface area contributed by atoms with E-state index in [0.717, 1.165) is 35.8 Å². The molecule has 0 bridgehead atoms. The number of hydrogen-bond acceptors (Lipinski definition) is 3. The Hall–Kier alpha value is -0.770. The minimum atomic E-state index is 0.708. The normalized spacial score (nSPS) is 10.3. The average molecular weight is 229 g/mol. The monoisotopic (exact) mass is 228 g/mol. The van der Waals surface area contributed by atoms with Crippen molar-refractivity contribution in [1.82, 2.24) is 5.32 Å². The highest BCUT2D eigenvalue weighted by atomic mass is 35.5. The Morgan fingerprint density at radius 3 is 2.93 bits per heavy atom. The summed E-state index contributed by atoms with van der Waals surface area (Å²) in [5.74, 6) is 0.861. The SMILES string of the molecule is COc1ccc(Cl)cc1CNCCCN. The standard InChI is InChI=1S/C11H17ClN2O/c1-15-11-4-3-10(12)7-9(11)8-14-6-2-5-13/h3-4,7,14H,2,5-6,8,13H2,1H3. The van der Waals surface area contributed by atoms with Gasteiger partial charge in [-0.1, -0.05) is 11.6 Å². The molecule has 0 atom stereocenters. The maximum absolute atomic E-state index is 5.91. The quantitative estimate of drug-likeness (QED) is 0.730. The fourth-order valence-electron chi connectivity index (χ4n) is 1.34. The molecular weight excluding hydrogens is 212 g/mol. The molecule has 0 unspecified atom stereocenters. The Morgan fingerprint density at radius 2 is 2.27 bits per heavy atom. The van der Waals surface area contributed by atoms with Gasteiger partial charge in [-0.25, -0.2) is 0 Å². The minimum absolute atomic E-state index is 0.708. The molecule has 4 heteroatoms. The lowest BCUT2D eigenvalue weighted by atomic mass is 10.2. The van der Waals surface area contributed by atoms with Gasteiger partial charge >= 0.3 is 0 Å². The fraction of sp³-hybridized carbons (Fsp3) is 0.455. The Balaban J connectivity index is 2.54. The largest absolute Gasteiger partial charge is 0.496 e. The van der Waals surface area contributed by atoms with Gasteiger partial charge in [-0.15, -0.1) is 0 Å². The summed E-state index contributed by atoms with van der Waals surface area (Å²) in [7, 11) is 1.66. The van der Waals surface area contributed by atoms with Crippen molar-refractivity contribution in [3.05, 3.63) is 28.8 Å². The van der Waals surface area contributed by atoms with Crippen molar-refractivity contribution in [1.29, 1.82) is 0 Å². The van der Waals surface area contributed by atoms with Gasteiger partial charge in [-0.05, 0) is 37.7 Å². The molecule has 0 fully saturated rings. The number of halogens is 1. The van der Waals surface area contributed by atoms with Crippen molar-refractivity contribution < 1.29 is 4.74 Å². The Labute approximate surface area is 95.6 Å². The Bertz CT molecular complexity index is 305. The summed E-state index contributed by atoms with van der Waals surface area (Å²) in [4.78, 5) is 0. The predicted molar refractivity (Wildman–Crippen MR) is 63.4 cm³/mol. The second-order valence-electron chi connectivity index (χ2n) is 3.28. The first-order valence-electron chi connectivity index (χ1n) is 5.01. The lowest BCUT2D eigenvalue weighted by Gasteiger charge is -2.09. The smallest absolute Gasteiger partial charge is 0.123 e. The van der Waals surface area contributed by atoms with E-state index < -0.39 is 0 Å². The average Bonchev–Trinajstić information content (AvgIpc) is 2.25. The van der Waals surface area contributed by atoms with Gasteiger partial charge in [-0.2, -0.15) is 0 Å². The zero-order chi connectivity index (χ0) is 11.1. The maximum atomic E-state index is 5.91. The third-order valence-electron chi connectivity index (χ3n) is 2.12. The lowest BCUT2D eigenvalue weighted by molar-refractivity contribution is 0.407. The number of nitrogens with one attached hydrogen (secondary N) is 1. The van der Waals surface area contributed by atoms with Crippen molar-refractivity contribution in [2.24, 2.45) is 5.73 Å². The van der Waals surface area contributed by atoms with Crippen LogP contribution in [0.25, 0.3) is 0 Å². The Kier molecular flexibility index (Phi) is 5.47. The highest BCUT2D eigenvalue weighted by Gasteiger charge is 2.02. The summed E-state index contributed by atoms with van der Waals surface area (Å²) in [6.07, 6.45) is 0.975. The van der Waals surface area contributed by atoms with Crippen LogP contribution in [0, 0.1) is 0 Å². The van der Waals surface area contributed by atoms with Crippen LogP contribution in [0.15, 0.2) is 18.2 Å². The van der Waals surface area contributed by atoms with Gasteiger partial charge in [-0.3, -0.25) is 0 Å². The van der Waals surface area contributed by atoms with Crippen LogP contribution < -0.4 is 15.8 Å².